The highest BCUT2D eigenvalue weighted by atomic mass is 15.0. The summed E-state index contributed by atoms with van der Waals surface area (Å²) in [5.41, 5.74) is 24.3. The van der Waals surface area contributed by atoms with Gasteiger partial charge in [0.05, 0.1) is 63.3 Å². The predicted octanol–water partition coefficient (Wildman–Crippen LogP) is 23.0. The van der Waals surface area contributed by atoms with Gasteiger partial charge in [-0.15, -0.1) is 0 Å². The highest BCUT2D eigenvalue weighted by molar-refractivity contribution is 6.14. The molecule has 0 aliphatic rings. The average molecular weight is 1250 g/mol. The lowest BCUT2D eigenvalue weighted by atomic mass is 9.99. The molecule has 0 aliphatic carbocycles. The molecule has 0 spiro atoms. The summed E-state index contributed by atoms with van der Waals surface area (Å²) in [7, 11) is 0. The van der Waals surface area contributed by atoms with Gasteiger partial charge < -0.3 is 9.13 Å². The van der Waals surface area contributed by atoms with Crippen molar-refractivity contribution in [3.8, 4) is 136 Å². The molecule has 0 aliphatic heterocycles. The van der Waals surface area contributed by atoms with Crippen LogP contribution in [0.2, 0.25) is 0 Å². The molecule has 17 rings (SSSR count). The number of benzene rings is 14. The number of aromatic nitrogens is 5. The van der Waals surface area contributed by atoms with Crippen LogP contribution in [0.1, 0.15) is 11.1 Å². The first kappa shape index (κ1) is 58.0. The Hall–Kier alpha value is -13.8. The van der Waals surface area contributed by atoms with Gasteiger partial charge in [-0.1, -0.05) is 237 Å². The molecular weight excluding hydrogens is 1190 g/mol. The Morgan fingerprint density at radius 2 is 0.561 bits per heavy atom. The minimum atomic E-state index is 0.451. The van der Waals surface area contributed by atoms with E-state index in [1.807, 2.05) is 115 Å². The molecule has 0 saturated heterocycles. The third-order valence-corrected chi connectivity index (χ3v) is 18.7. The summed E-state index contributed by atoms with van der Waals surface area (Å²) in [4.78, 5) is 20.3. The molecule has 0 amide bonds. The third kappa shape index (κ3) is 10.6. The van der Waals surface area contributed by atoms with E-state index in [0.717, 1.165) is 150 Å². The van der Waals surface area contributed by atoms with E-state index in [4.69, 9.17) is 21.5 Å². The van der Waals surface area contributed by atoms with Gasteiger partial charge in [0.1, 0.15) is 0 Å². The van der Waals surface area contributed by atoms with Crippen LogP contribution in [0.5, 0.6) is 0 Å². The average Bonchev–Trinajstić information content (AvgIpc) is 1.57. The molecule has 0 bridgehead atoms. The second kappa shape index (κ2) is 24.6. The largest absolute Gasteiger partial charge is 0.309 e. The van der Waals surface area contributed by atoms with Gasteiger partial charge >= 0.3 is 0 Å². The highest BCUT2D eigenvalue weighted by Gasteiger charge is 2.24. The minimum Gasteiger partial charge on any atom is -0.309 e. The van der Waals surface area contributed by atoms with Crippen molar-refractivity contribution in [2.45, 2.75) is 0 Å². The summed E-state index contributed by atoms with van der Waals surface area (Å²) < 4.78 is 4.73. The predicted molar refractivity (Wildman–Crippen MR) is 399 cm³/mol. The van der Waals surface area contributed by atoms with Crippen LogP contribution in [0.3, 0.4) is 0 Å². The van der Waals surface area contributed by atoms with Gasteiger partial charge in [0, 0.05) is 49.4 Å². The first-order chi connectivity index (χ1) is 48.4. The Morgan fingerprint density at radius 3 is 0.939 bits per heavy atom. The van der Waals surface area contributed by atoms with Crippen LogP contribution >= 0.6 is 0 Å². The van der Waals surface area contributed by atoms with Crippen LogP contribution < -0.4 is 0 Å². The van der Waals surface area contributed by atoms with Crippen molar-refractivity contribution in [3.63, 3.8) is 0 Å². The van der Waals surface area contributed by atoms with E-state index < -0.39 is 0 Å². The first-order valence-corrected chi connectivity index (χ1v) is 32.4. The van der Waals surface area contributed by atoms with Gasteiger partial charge in [0.25, 0.3) is 0 Å². The van der Waals surface area contributed by atoms with Crippen molar-refractivity contribution in [1.82, 2.24) is 24.1 Å². The van der Waals surface area contributed by atoms with E-state index in [0.29, 0.717) is 34.3 Å². The molecule has 0 radical (unpaired) electrons. The molecule has 3 aromatic heterocycles. The van der Waals surface area contributed by atoms with Crippen LogP contribution in [0.25, 0.3) is 172 Å². The monoisotopic (exact) mass is 1250 g/mol. The van der Waals surface area contributed by atoms with Gasteiger partial charge in [0.15, 0.2) is 23.2 Å². The van der Waals surface area contributed by atoms with Gasteiger partial charge in [0.2, 0.25) is 0 Å². The third-order valence-electron chi connectivity index (χ3n) is 18.7. The molecule has 17 aromatic rings. The zero-order valence-electron chi connectivity index (χ0n) is 52.8. The fraction of sp³-hybridized carbons (Fsp3) is 0. The molecule has 98 heavy (non-hydrogen) atoms. The fourth-order valence-electron chi connectivity index (χ4n) is 13.8. The molecule has 8 heteroatoms. The topological polar surface area (TPSA) is 100 Å². The zero-order valence-corrected chi connectivity index (χ0v) is 52.8. The van der Waals surface area contributed by atoms with Crippen molar-refractivity contribution in [2.75, 3.05) is 0 Å². The minimum absolute atomic E-state index is 0.451. The summed E-state index contributed by atoms with van der Waals surface area (Å²) in [5.74, 6) is 1.36. The van der Waals surface area contributed by atoms with Crippen LogP contribution in [0, 0.1) is 29.2 Å². The lowest BCUT2D eigenvalue weighted by Gasteiger charge is -2.18. The van der Waals surface area contributed by atoms with E-state index >= 15 is 0 Å². The number of fused-ring (bicyclic) bond motifs is 6. The Kier molecular flexibility index (Phi) is 14.5. The molecule has 3 heterocycles. The highest BCUT2D eigenvalue weighted by Crippen LogP contribution is 2.44. The lowest BCUT2D eigenvalue weighted by molar-refractivity contribution is 1.07. The van der Waals surface area contributed by atoms with Crippen molar-refractivity contribution >= 4 is 49.3 Å². The van der Waals surface area contributed by atoms with E-state index in [9.17, 15) is 10.5 Å². The summed E-state index contributed by atoms with van der Waals surface area (Å²) in [6, 6.07) is 118. The summed E-state index contributed by atoms with van der Waals surface area (Å²) in [5, 5.41) is 24.4. The molecule has 454 valence electrons. The fourth-order valence-corrected chi connectivity index (χ4v) is 13.8. The summed E-state index contributed by atoms with van der Waals surface area (Å²) in [6.07, 6.45) is 0. The molecule has 0 N–H and O–H groups in total. The van der Waals surface area contributed by atoms with E-state index in [1.54, 1.807) is 0 Å². The molecule has 8 nitrogen and oxygen atoms in total. The number of hydrogen-bond donors (Lipinski definition) is 0. The molecule has 0 unspecified atom stereocenters. The van der Waals surface area contributed by atoms with Gasteiger partial charge in [-0.3, -0.25) is 0 Å². The number of hydrogen-bond acceptors (Lipinski definition) is 5. The second-order valence-electron chi connectivity index (χ2n) is 24.5. The smallest absolute Gasteiger partial charge is 0.187 e. The van der Waals surface area contributed by atoms with Gasteiger partial charge in [-0.25, -0.2) is 19.8 Å². The van der Waals surface area contributed by atoms with Crippen molar-refractivity contribution in [1.29, 1.82) is 10.5 Å². The van der Waals surface area contributed by atoms with Crippen LogP contribution in [0.15, 0.2) is 328 Å². The maximum absolute atomic E-state index is 10.0. The Balaban J connectivity index is 0.915. The number of rotatable bonds is 12. The number of nitrogens with zero attached hydrogens (tertiary/aromatic N) is 8. The standard InChI is InChI=1S/C90H54N8/c1-93-75-40-32-65(33-41-75)77-43-35-74(55-87(77)98-84-46-38-70(62-21-10-4-11-22-62)52-80(84)81-53-71(39-47-85(81)98)63-23-12-5-13-24-63)90-95-88(72-27-15-26-67(49-72)66-25-14-16-59(48-66)57-92)94-89(96-90)73-34-42-76(64-30-28-58(56-91)29-31-64)86(54-73)97-82-44-36-68(60-17-6-2-7-18-60)50-78(82)79-51-69(37-45-83(79)97)61-19-8-3-9-20-61/h2-55H. The van der Waals surface area contributed by atoms with Crippen molar-refractivity contribution in [3.05, 3.63) is 350 Å². The van der Waals surface area contributed by atoms with E-state index in [1.165, 1.54) is 0 Å². The van der Waals surface area contributed by atoms with Crippen LogP contribution in [0.4, 0.5) is 5.69 Å². The lowest BCUT2D eigenvalue weighted by Crippen LogP contribution is -2.03. The first-order valence-electron chi connectivity index (χ1n) is 32.4. The second-order valence-corrected chi connectivity index (χ2v) is 24.5. The van der Waals surface area contributed by atoms with Crippen LogP contribution in [-0.2, 0) is 0 Å². The van der Waals surface area contributed by atoms with Crippen LogP contribution in [-0.4, -0.2) is 24.1 Å². The van der Waals surface area contributed by atoms with Crippen molar-refractivity contribution in [2.24, 2.45) is 0 Å². The molecule has 14 aromatic carbocycles. The molecular formula is C90H54N8. The van der Waals surface area contributed by atoms with E-state index in [2.05, 4.69) is 238 Å². The SMILES string of the molecule is [C-]#[N+]c1ccc(-c2ccc(-c3nc(-c4cccc(-c5cccc(C#N)c5)c4)nc(-c4ccc(-c5ccc(C#N)cc5)c(-n5c6ccc(-c7ccccc7)cc6c6cc(-c7ccccc7)ccc65)c4)n3)cc2-n2c3ccc(-c4ccccc4)cc3c3cc(-c4ccccc4)ccc32)cc1. The molecule has 0 saturated carbocycles. The quantitative estimate of drug-likeness (QED) is 0.113. The summed E-state index contributed by atoms with van der Waals surface area (Å²) >= 11 is 0. The van der Waals surface area contributed by atoms with E-state index in [-0.39, 0.29) is 0 Å². The van der Waals surface area contributed by atoms with Gasteiger partial charge in [-0.2, -0.15) is 10.5 Å². The normalized spacial score (nSPS) is 11.2. The Labute approximate surface area is 566 Å². The summed E-state index contributed by atoms with van der Waals surface area (Å²) in [6.45, 7) is 7.89. The zero-order chi connectivity index (χ0) is 65.6. The molecule has 0 atom stereocenters. The van der Waals surface area contributed by atoms with Gasteiger partial charge in [-0.05, 0) is 158 Å². The Morgan fingerprint density at radius 1 is 0.255 bits per heavy atom. The maximum atomic E-state index is 10.0. The Bertz CT molecular complexity index is 5590. The van der Waals surface area contributed by atoms with Crippen molar-refractivity contribution < 1.29 is 0 Å². The molecule has 0 fully saturated rings. The number of nitriles is 2. The maximum Gasteiger partial charge on any atom is 0.187 e.